The molecule has 0 aliphatic carbocycles. The van der Waals surface area contributed by atoms with Gasteiger partial charge < -0.3 is 10.2 Å². The van der Waals surface area contributed by atoms with Crippen LogP contribution in [0.4, 0.5) is 0 Å². The van der Waals surface area contributed by atoms with Gasteiger partial charge in [0, 0.05) is 25.7 Å². The molecular weight excluding hydrogens is 208 g/mol. The summed E-state index contributed by atoms with van der Waals surface area (Å²) in [6.45, 7) is 7.90. The van der Waals surface area contributed by atoms with Crippen LogP contribution in [0.5, 0.6) is 0 Å². The van der Waals surface area contributed by atoms with Gasteiger partial charge in [-0.3, -0.25) is 0 Å². The number of rotatable bonds is 3. The van der Waals surface area contributed by atoms with Gasteiger partial charge in [0.05, 0.1) is 0 Å². The fraction of sp³-hybridized carbons (Fsp3) is 0.600. The Labute approximate surface area is 105 Å². The summed E-state index contributed by atoms with van der Waals surface area (Å²) >= 11 is 0. The van der Waals surface area contributed by atoms with Crippen molar-refractivity contribution in [1.29, 1.82) is 0 Å². The second-order valence-electron chi connectivity index (χ2n) is 5.61. The topological polar surface area (TPSA) is 15.3 Å². The predicted molar refractivity (Wildman–Crippen MR) is 73.2 cm³/mol. The van der Waals surface area contributed by atoms with E-state index in [9.17, 15) is 0 Å². The second kappa shape index (κ2) is 5.65. The van der Waals surface area contributed by atoms with E-state index < -0.39 is 0 Å². The van der Waals surface area contributed by atoms with Crippen LogP contribution < -0.4 is 5.32 Å². The first-order chi connectivity index (χ1) is 8.15. The highest BCUT2D eigenvalue weighted by Crippen LogP contribution is 2.18. The lowest BCUT2D eigenvalue weighted by Crippen LogP contribution is -2.43. The number of piperazine rings is 1. The first kappa shape index (κ1) is 12.6. The van der Waals surface area contributed by atoms with Crippen molar-refractivity contribution in [3.8, 4) is 0 Å². The third kappa shape index (κ3) is 3.55. The smallest absolute Gasteiger partial charge is 0.0449 e. The van der Waals surface area contributed by atoms with Crippen molar-refractivity contribution in [2.24, 2.45) is 5.92 Å². The number of hydrogen-bond donors (Lipinski definition) is 1. The van der Waals surface area contributed by atoms with Crippen molar-refractivity contribution >= 4 is 0 Å². The molecule has 1 saturated heterocycles. The SMILES string of the molecule is CC(C)Cc1ccc(C2CN(C)CCN2)cc1. The lowest BCUT2D eigenvalue weighted by Gasteiger charge is -2.31. The van der Waals surface area contributed by atoms with Crippen molar-refractivity contribution in [3.63, 3.8) is 0 Å². The number of likely N-dealkylation sites (N-methyl/N-ethyl adjacent to an activating group) is 1. The van der Waals surface area contributed by atoms with Gasteiger partial charge in [-0.25, -0.2) is 0 Å². The third-order valence-electron chi connectivity index (χ3n) is 3.40. The molecule has 0 amide bonds. The molecule has 1 aliphatic rings. The highest BCUT2D eigenvalue weighted by Gasteiger charge is 2.17. The van der Waals surface area contributed by atoms with Crippen LogP contribution in [0.3, 0.4) is 0 Å². The van der Waals surface area contributed by atoms with Crippen LogP contribution >= 0.6 is 0 Å². The van der Waals surface area contributed by atoms with Crippen LogP contribution in [0.2, 0.25) is 0 Å². The fourth-order valence-corrected chi connectivity index (χ4v) is 2.48. The summed E-state index contributed by atoms with van der Waals surface area (Å²) in [7, 11) is 2.20. The molecule has 2 nitrogen and oxygen atoms in total. The first-order valence-electron chi connectivity index (χ1n) is 6.66. The maximum absolute atomic E-state index is 3.58. The van der Waals surface area contributed by atoms with Gasteiger partial charge in [-0.1, -0.05) is 38.1 Å². The molecule has 1 unspecified atom stereocenters. The van der Waals surface area contributed by atoms with E-state index in [-0.39, 0.29) is 0 Å². The zero-order valence-corrected chi connectivity index (χ0v) is 11.2. The summed E-state index contributed by atoms with van der Waals surface area (Å²) in [4.78, 5) is 2.39. The first-order valence-corrected chi connectivity index (χ1v) is 6.66. The van der Waals surface area contributed by atoms with Crippen molar-refractivity contribution in [1.82, 2.24) is 10.2 Å². The maximum Gasteiger partial charge on any atom is 0.0449 e. The Hall–Kier alpha value is -0.860. The van der Waals surface area contributed by atoms with Crippen molar-refractivity contribution in [3.05, 3.63) is 35.4 Å². The van der Waals surface area contributed by atoms with E-state index in [1.54, 1.807) is 0 Å². The van der Waals surface area contributed by atoms with E-state index in [0.717, 1.165) is 25.6 Å². The summed E-state index contributed by atoms with van der Waals surface area (Å²) < 4.78 is 0. The van der Waals surface area contributed by atoms with Crippen LogP contribution in [0.1, 0.15) is 31.0 Å². The van der Waals surface area contributed by atoms with Crippen LogP contribution in [0.15, 0.2) is 24.3 Å². The molecule has 0 aromatic heterocycles. The minimum absolute atomic E-state index is 0.502. The molecular formula is C15H24N2. The van der Waals surface area contributed by atoms with E-state index in [4.69, 9.17) is 0 Å². The summed E-state index contributed by atoms with van der Waals surface area (Å²) in [6.07, 6.45) is 1.18. The zero-order chi connectivity index (χ0) is 12.3. The van der Waals surface area contributed by atoms with Crippen LogP contribution in [0, 0.1) is 5.92 Å². The Kier molecular flexibility index (Phi) is 4.19. The molecule has 94 valence electrons. The normalized spacial score (nSPS) is 22.0. The van der Waals surface area contributed by atoms with Gasteiger partial charge in [0.2, 0.25) is 0 Å². The standard InChI is InChI=1S/C15H24N2/c1-12(2)10-13-4-6-14(7-5-13)15-11-17(3)9-8-16-15/h4-7,12,15-16H,8-11H2,1-3H3. The van der Waals surface area contributed by atoms with Crippen LogP contribution in [0.25, 0.3) is 0 Å². The van der Waals surface area contributed by atoms with Crippen LogP contribution in [-0.4, -0.2) is 31.6 Å². The molecule has 1 atom stereocenters. The van der Waals surface area contributed by atoms with E-state index in [0.29, 0.717) is 6.04 Å². The van der Waals surface area contributed by atoms with Crippen molar-refractivity contribution in [2.45, 2.75) is 26.3 Å². The predicted octanol–water partition coefficient (Wildman–Crippen LogP) is 2.46. The Morgan fingerprint density at radius 2 is 2.00 bits per heavy atom. The van der Waals surface area contributed by atoms with Gasteiger partial charge in [0.15, 0.2) is 0 Å². The van der Waals surface area contributed by atoms with Gasteiger partial charge in [-0.15, -0.1) is 0 Å². The molecule has 0 radical (unpaired) electrons. The molecule has 0 spiro atoms. The minimum atomic E-state index is 0.502. The van der Waals surface area contributed by atoms with Gasteiger partial charge in [-0.2, -0.15) is 0 Å². The Morgan fingerprint density at radius 1 is 1.29 bits per heavy atom. The molecule has 2 rings (SSSR count). The number of hydrogen-bond acceptors (Lipinski definition) is 2. The molecule has 0 bridgehead atoms. The molecule has 2 heteroatoms. The Bertz CT molecular complexity index is 342. The molecule has 1 heterocycles. The molecule has 1 aromatic carbocycles. The van der Waals surface area contributed by atoms with Crippen molar-refractivity contribution in [2.75, 3.05) is 26.7 Å². The molecule has 1 fully saturated rings. The van der Waals surface area contributed by atoms with E-state index in [1.165, 1.54) is 17.5 Å². The second-order valence-corrected chi connectivity index (χ2v) is 5.61. The minimum Gasteiger partial charge on any atom is -0.308 e. The number of nitrogens with zero attached hydrogens (tertiary/aromatic N) is 1. The molecule has 0 saturated carbocycles. The number of benzene rings is 1. The molecule has 17 heavy (non-hydrogen) atoms. The average molecular weight is 232 g/mol. The summed E-state index contributed by atoms with van der Waals surface area (Å²) in [5.74, 6) is 0.736. The largest absolute Gasteiger partial charge is 0.308 e. The summed E-state index contributed by atoms with van der Waals surface area (Å²) in [6, 6.07) is 9.64. The number of nitrogens with one attached hydrogen (secondary N) is 1. The third-order valence-corrected chi connectivity index (χ3v) is 3.40. The van der Waals surface area contributed by atoms with E-state index >= 15 is 0 Å². The monoisotopic (exact) mass is 232 g/mol. The van der Waals surface area contributed by atoms with Gasteiger partial charge >= 0.3 is 0 Å². The van der Waals surface area contributed by atoms with Gasteiger partial charge in [-0.05, 0) is 30.5 Å². The zero-order valence-electron chi connectivity index (χ0n) is 11.2. The highest BCUT2D eigenvalue weighted by atomic mass is 15.2. The molecule has 1 N–H and O–H groups in total. The Balaban J connectivity index is 2.01. The molecule has 1 aliphatic heterocycles. The molecule has 1 aromatic rings. The van der Waals surface area contributed by atoms with Gasteiger partial charge in [0.1, 0.15) is 0 Å². The van der Waals surface area contributed by atoms with E-state index in [1.807, 2.05) is 0 Å². The maximum atomic E-state index is 3.58. The van der Waals surface area contributed by atoms with E-state index in [2.05, 4.69) is 55.4 Å². The summed E-state index contributed by atoms with van der Waals surface area (Å²) in [5.41, 5.74) is 2.87. The Morgan fingerprint density at radius 3 is 2.59 bits per heavy atom. The lowest BCUT2D eigenvalue weighted by molar-refractivity contribution is 0.241. The summed E-state index contributed by atoms with van der Waals surface area (Å²) in [5, 5.41) is 3.58. The quantitative estimate of drug-likeness (QED) is 0.861. The van der Waals surface area contributed by atoms with Crippen LogP contribution in [-0.2, 0) is 6.42 Å². The lowest BCUT2D eigenvalue weighted by atomic mass is 9.98. The highest BCUT2D eigenvalue weighted by molar-refractivity contribution is 5.26. The van der Waals surface area contributed by atoms with Gasteiger partial charge in [0.25, 0.3) is 0 Å². The fourth-order valence-electron chi connectivity index (χ4n) is 2.48. The average Bonchev–Trinajstić information content (AvgIpc) is 2.29. The van der Waals surface area contributed by atoms with Crippen molar-refractivity contribution < 1.29 is 0 Å².